The monoisotopic (exact) mass is 267 g/mol. The summed E-state index contributed by atoms with van der Waals surface area (Å²) in [4.78, 5) is 0. The Hall–Kier alpha value is -0.500. The lowest BCUT2D eigenvalue weighted by molar-refractivity contribution is 0.462. The second kappa shape index (κ2) is 5.02. The molecule has 2 rings (SSSR count). The van der Waals surface area contributed by atoms with Gasteiger partial charge in [-0.15, -0.1) is 0 Å². The molecule has 0 unspecified atom stereocenters. The zero-order valence-electron chi connectivity index (χ0n) is 9.22. The van der Waals surface area contributed by atoms with Gasteiger partial charge in [0.15, 0.2) is 0 Å². The minimum Gasteiger partial charge on any atom is -0.381 e. The molecular weight excluding hydrogens is 250 g/mol. The molecule has 1 N–H and O–H groups in total. The summed E-state index contributed by atoms with van der Waals surface area (Å²) in [6.07, 6.45) is 6.80. The zero-order valence-corrected chi connectivity index (χ0v) is 10.8. The Morgan fingerprint density at radius 3 is 2.67 bits per heavy atom. The summed E-state index contributed by atoms with van der Waals surface area (Å²) in [5, 5.41) is 3.64. The van der Waals surface area contributed by atoms with E-state index in [1.54, 1.807) is 0 Å². The highest BCUT2D eigenvalue weighted by atomic mass is 79.9. The molecule has 1 aliphatic rings. The van der Waals surface area contributed by atoms with Crippen molar-refractivity contribution < 1.29 is 0 Å². The number of halogens is 1. The van der Waals surface area contributed by atoms with Crippen LogP contribution in [0.25, 0.3) is 0 Å². The molecule has 15 heavy (non-hydrogen) atoms. The van der Waals surface area contributed by atoms with Gasteiger partial charge < -0.3 is 5.32 Å². The van der Waals surface area contributed by atoms with Crippen molar-refractivity contribution in [1.29, 1.82) is 0 Å². The summed E-state index contributed by atoms with van der Waals surface area (Å²) in [6.45, 7) is 2.14. The third kappa shape index (κ3) is 2.97. The molecule has 2 heteroatoms. The van der Waals surface area contributed by atoms with Crippen molar-refractivity contribution in [3.8, 4) is 0 Å². The molecule has 0 atom stereocenters. The van der Waals surface area contributed by atoms with Crippen LogP contribution in [0.2, 0.25) is 0 Å². The molecule has 82 valence electrons. The van der Waals surface area contributed by atoms with Crippen molar-refractivity contribution >= 4 is 21.6 Å². The van der Waals surface area contributed by atoms with Crippen molar-refractivity contribution in [2.24, 2.45) is 0 Å². The topological polar surface area (TPSA) is 12.0 Å². The lowest BCUT2D eigenvalue weighted by Gasteiger charge is -2.24. The Morgan fingerprint density at radius 2 is 1.93 bits per heavy atom. The van der Waals surface area contributed by atoms with E-state index in [2.05, 4.69) is 46.4 Å². The van der Waals surface area contributed by atoms with Crippen molar-refractivity contribution in [1.82, 2.24) is 0 Å². The van der Waals surface area contributed by atoms with Gasteiger partial charge in [0.05, 0.1) is 0 Å². The molecule has 0 saturated heterocycles. The summed E-state index contributed by atoms with van der Waals surface area (Å²) in [6, 6.07) is 7.16. The van der Waals surface area contributed by atoms with Crippen LogP contribution in [0, 0.1) is 6.92 Å². The Morgan fingerprint density at radius 1 is 1.20 bits per heavy atom. The van der Waals surface area contributed by atoms with E-state index in [0.29, 0.717) is 6.04 Å². The van der Waals surface area contributed by atoms with Crippen LogP contribution in [0.5, 0.6) is 0 Å². The van der Waals surface area contributed by atoms with Crippen LogP contribution in [-0.4, -0.2) is 6.04 Å². The molecule has 1 aromatic rings. The van der Waals surface area contributed by atoms with E-state index in [-0.39, 0.29) is 0 Å². The van der Waals surface area contributed by atoms with Gasteiger partial charge in [0.1, 0.15) is 0 Å². The maximum absolute atomic E-state index is 3.64. The molecule has 0 spiro atoms. The maximum atomic E-state index is 3.64. The summed E-state index contributed by atoms with van der Waals surface area (Å²) >= 11 is 3.59. The lowest BCUT2D eigenvalue weighted by Crippen LogP contribution is -2.22. The summed E-state index contributed by atoms with van der Waals surface area (Å²) in [5.41, 5.74) is 2.57. The summed E-state index contributed by atoms with van der Waals surface area (Å²) in [5.74, 6) is 0. The number of anilines is 1. The first kappa shape index (κ1) is 11.0. The van der Waals surface area contributed by atoms with Crippen LogP contribution in [0.4, 0.5) is 5.69 Å². The van der Waals surface area contributed by atoms with Crippen molar-refractivity contribution in [2.75, 3.05) is 5.32 Å². The van der Waals surface area contributed by atoms with E-state index in [9.17, 15) is 0 Å². The molecule has 1 nitrogen and oxygen atoms in total. The van der Waals surface area contributed by atoms with E-state index < -0.39 is 0 Å². The van der Waals surface area contributed by atoms with Crippen LogP contribution in [-0.2, 0) is 0 Å². The Labute approximate surface area is 100 Å². The van der Waals surface area contributed by atoms with E-state index in [4.69, 9.17) is 0 Å². The molecule has 0 bridgehead atoms. The highest BCUT2D eigenvalue weighted by Gasteiger charge is 2.13. The standard InChI is InChI=1S/C13H18BrN/c1-10-7-8-12(14)13(9-10)15-11-5-3-2-4-6-11/h7-9,11,15H,2-6H2,1H3. The number of nitrogens with one attached hydrogen (secondary N) is 1. The third-order valence-electron chi connectivity index (χ3n) is 3.09. The predicted molar refractivity (Wildman–Crippen MR) is 69.4 cm³/mol. The molecule has 1 saturated carbocycles. The molecule has 0 amide bonds. The molecule has 0 aromatic heterocycles. The summed E-state index contributed by atoms with van der Waals surface area (Å²) < 4.78 is 1.18. The van der Waals surface area contributed by atoms with Gasteiger partial charge in [0, 0.05) is 16.2 Å². The van der Waals surface area contributed by atoms with Gasteiger partial charge in [-0.25, -0.2) is 0 Å². The first-order chi connectivity index (χ1) is 7.25. The fourth-order valence-electron chi connectivity index (χ4n) is 2.22. The van der Waals surface area contributed by atoms with Gasteiger partial charge in [-0.2, -0.15) is 0 Å². The fraction of sp³-hybridized carbons (Fsp3) is 0.538. The van der Waals surface area contributed by atoms with Crippen LogP contribution in [0.1, 0.15) is 37.7 Å². The van der Waals surface area contributed by atoms with E-state index in [1.807, 2.05) is 0 Å². The van der Waals surface area contributed by atoms with Crippen LogP contribution < -0.4 is 5.32 Å². The smallest absolute Gasteiger partial charge is 0.0489 e. The molecule has 0 aliphatic heterocycles. The Balaban J connectivity index is 2.05. The summed E-state index contributed by atoms with van der Waals surface area (Å²) in [7, 11) is 0. The Bertz CT molecular complexity index is 329. The van der Waals surface area contributed by atoms with Gasteiger partial charge in [0.2, 0.25) is 0 Å². The first-order valence-electron chi connectivity index (χ1n) is 5.78. The maximum Gasteiger partial charge on any atom is 0.0489 e. The van der Waals surface area contributed by atoms with Crippen molar-refractivity contribution in [2.45, 2.75) is 45.1 Å². The number of aryl methyl sites for hydroxylation is 1. The molecule has 1 fully saturated rings. The molecular formula is C13H18BrN. The van der Waals surface area contributed by atoms with Crippen LogP contribution >= 0.6 is 15.9 Å². The van der Waals surface area contributed by atoms with E-state index in [1.165, 1.54) is 47.8 Å². The normalized spacial score (nSPS) is 17.7. The average molecular weight is 268 g/mol. The van der Waals surface area contributed by atoms with Crippen molar-refractivity contribution in [3.63, 3.8) is 0 Å². The van der Waals surface area contributed by atoms with Crippen molar-refractivity contribution in [3.05, 3.63) is 28.2 Å². The Kier molecular flexibility index (Phi) is 3.68. The SMILES string of the molecule is Cc1ccc(Br)c(NC2CCCCC2)c1. The second-order valence-corrected chi connectivity index (χ2v) is 5.32. The predicted octanol–water partition coefficient (Wildman–Crippen LogP) is 4.50. The van der Waals surface area contributed by atoms with Crippen LogP contribution in [0.15, 0.2) is 22.7 Å². The lowest BCUT2D eigenvalue weighted by atomic mass is 9.95. The molecule has 1 aromatic carbocycles. The van der Waals surface area contributed by atoms with Crippen LogP contribution in [0.3, 0.4) is 0 Å². The number of benzene rings is 1. The number of hydrogen-bond donors (Lipinski definition) is 1. The quantitative estimate of drug-likeness (QED) is 0.832. The highest BCUT2D eigenvalue weighted by molar-refractivity contribution is 9.10. The largest absolute Gasteiger partial charge is 0.381 e. The first-order valence-corrected chi connectivity index (χ1v) is 6.58. The van der Waals surface area contributed by atoms with Gasteiger partial charge >= 0.3 is 0 Å². The van der Waals surface area contributed by atoms with E-state index >= 15 is 0 Å². The fourth-order valence-corrected chi connectivity index (χ4v) is 2.58. The number of hydrogen-bond acceptors (Lipinski definition) is 1. The average Bonchev–Trinajstić information content (AvgIpc) is 2.25. The van der Waals surface area contributed by atoms with Gasteiger partial charge in [-0.05, 0) is 53.4 Å². The zero-order chi connectivity index (χ0) is 10.7. The minimum absolute atomic E-state index is 0.678. The highest BCUT2D eigenvalue weighted by Crippen LogP contribution is 2.27. The minimum atomic E-state index is 0.678. The van der Waals surface area contributed by atoms with Gasteiger partial charge in [-0.1, -0.05) is 25.3 Å². The molecule has 0 radical (unpaired) electrons. The van der Waals surface area contributed by atoms with Gasteiger partial charge in [-0.3, -0.25) is 0 Å². The van der Waals surface area contributed by atoms with Gasteiger partial charge in [0.25, 0.3) is 0 Å². The number of rotatable bonds is 2. The molecule has 1 aliphatic carbocycles. The second-order valence-electron chi connectivity index (χ2n) is 4.46. The van der Waals surface area contributed by atoms with E-state index in [0.717, 1.165) is 0 Å². The third-order valence-corrected chi connectivity index (χ3v) is 3.78. The molecule has 0 heterocycles.